The highest BCUT2D eigenvalue weighted by molar-refractivity contribution is 7.07. The summed E-state index contributed by atoms with van der Waals surface area (Å²) in [5.74, 6) is 0.503. The minimum atomic E-state index is 0.503. The molecule has 0 radical (unpaired) electrons. The van der Waals surface area contributed by atoms with Crippen molar-refractivity contribution in [3.8, 4) is 5.13 Å². The Hall–Kier alpha value is -1.43. The van der Waals surface area contributed by atoms with Crippen molar-refractivity contribution in [1.82, 2.24) is 19.1 Å². The number of aromatic nitrogens is 4. The van der Waals surface area contributed by atoms with Crippen LogP contribution < -0.4 is 5.73 Å². The lowest BCUT2D eigenvalue weighted by atomic mass is 10.5. The highest BCUT2D eigenvalue weighted by atomic mass is 32.1. The largest absolute Gasteiger partial charge is 0.382 e. The third kappa shape index (κ3) is 1.06. The average Bonchev–Trinajstić information content (AvgIpc) is 2.58. The van der Waals surface area contributed by atoms with Gasteiger partial charge >= 0.3 is 0 Å². The lowest BCUT2D eigenvalue weighted by Gasteiger charge is -1.94. The number of hydrogen-bond donors (Lipinski definition) is 1. The molecule has 0 aliphatic rings. The summed E-state index contributed by atoms with van der Waals surface area (Å²) < 4.78 is 5.55. The summed E-state index contributed by atoms with van der Waals surface area (Å²) in [6.45, 7) is 1.92. The van der Waals surface area contributed by atoms with Crippen LogP contribution in [-0.2, 0) is 0 Å². The lowest BCUT2D eigenvalue weighted by molar-refractivity contribution is 0.841. The quantitative estimate of drug-likeness (QED) is 0.700. The molecule has 0 aromatic carbocycles. The van der Waals surface area contributed by atoms with Crippen LogP contribution in [0.3, 0.4) is 0 Å². The van der Waals surface area contributed by atoms with Crippen LogP contribution in [0, 0.1) is 6.92 Å². The first-order valence-corrected chi connectivity index (χ1v) is 4.14. The molecule has 6 heteroatoms. The smallest absolute Gasteiger partial charge is 0.230 e. The van der Waals surface area contributed by atoms with Crippen molar-refractivity contribution >= 4 is 17.4 Å². The topological polar surface area (TPSA) is 69.6 Å². The molecule has 0 atom stereocenters. The Kier molecular flexibility index (Phi) is 1.54. The van der Waals surface area contributed by atoms with Gasteiger partial charge in [0.25, 0.3) is 0 Å². The van der Waals surface area contributed by atoms with Gasteiger partial charge in [0, 0.05) is 23.3 Å². The maximum Gasteiger partial charge on any atom is 0.230 e. The van der Waals surface area contributed by atoms with Gasteiger partial charge in [-0.3, -0.25) is 0 Å². The van der Waals surface area contributed by atoms with Crippen molar-refractivity contribution in [2.45, 2.75) is 6.92 Å². The van der Waals surface area contributed by atoms with Gasteiger partial charge in [-0.2, -0.15) is 4.37 Å². The lowest BCUT2D eigenvalue weighted by Crippen LogP contribution is -1.98. The molecule has 2 aromatic rings. The molecule has 0 saturated carbocycles. The number of aryl methyl sites for hydroxylation is 1. The summed E-state index contributed by atoms with van der Waals surface area (Å²) in [7, 11) is 0. The Morgan fingerprint density at radius 1 is 1.58 bits per heavy atom. The van der Waals surface area contributed by atoms with Crippen molar-refractivity contribution in [2.75, 3.05) is 5.73 Å². The zero-order valence-corrected chi connectivity index (χ0v) is 7.25. The van der Waals surface area contributed by atoms with E-state index in [0.717, 1.165) is 10.8 Å². The van der Waals surface area contributed by atoms with Gasteiger partial charge in [-0.25, -0.2) is 9.67 Å². The summed E-state index contributed by atoms with van der Waals surface area (Å²) in [6.07, 6.45) is 1.50. The van der Waals surface area contributed by atoms with E-state index in [-0.39, 0.29) is 0 Å². The first-order chi connectivity index (χ1) is 5.77. The number of nitrogens with two attached hydrogens (primary N) is 1. The Morgan fingerprint density at radius 3 is 2.92 bits per heavy atom. The minimum absolute atomic E-state index is 0.503. The van der Waals surface area contributed by atoms with E-state index >= 15 is 0 Å². The molecule has 0 bridgehead atoms. The molecule has 12 heavy (non-hydrogen) atoms. The highest BCUT2D eigenvalue weighted by Crippen LogP contribution is 2.12. The molecule has 2 heterocycles. The molecule has 0 spiro atoms. The van der Waals surface area contributed by atoms with E-state index in [1.807, 2.05) is 6.92 Å². The zero-order chi connectivity index (χ0) is 8.55. The van der Waals surface area contributed by atoms with Crippen LogP contribution in [0.2, 0.25) is 0 Å². The first-order valence-electron chi connectivity index (χ1n) is 3.36. The molecule has 0 aliphatic heterocycles. The van der Waals surface area contributed by atoms with E-state index in [0.29, 0.717) is 5.82 Å². The Morgan fingerprint density at radius 2 is 2.42 bits per heavy atom. The molecular formula is C6H7N5S. The molecular weight excluding hydrogens is 174 g/mol. The Bertz CT molecular complexity index is 377. The van der Waals surface area contributed by atoms with Gasteiger partial charge in [-0.1, -0.05) is 0 Å². The third-order valence-electron chi connectivity index (χ3n) is 1.44. The normalized spacial score (nSPS) is 10.4. The van der Waals surface area contributed by atoms with Crippen molar-refractivity contribution in [3.63, 3.8) is 0 Å². The van der Waals surface area contributed by atoms with Crippen LogP contribution in [0.5, 0.6) is 0 Å². The summed E-state index contributed by atoms with van der Waals surface area (Å²) in [5, 5.41) is 4.80. The number of hydrogen-bond acceptors (Lipinski definition) is 5. The van der Waals surface area contributed by atoms with Gasteiger partial charge in [-0.05, 0) is 6.92 Å². The van der Waals surface area contributed by atoms with Crippen LogP contribution in [-0.4, -0.2) is 19.1 Å². The van der Waals surface area contributed by atoms with Gasteiger partial charge in [0.05, 0.1) is 0 Å². The van der Waals surface area contributed by atoms with Crippen LogP contribution in [0.4, 0.5) is 5.82 Å². The summed E-state index contributed by atoms with van der Waals surface area (Å²) in [4.78, 5) is 4.01. The van der Waals surface area contributed by atoms with E-state index in [2.05, 4.69) is 14.5 Å². The number of rotatable bonds is 1. The molecule has 0 unspecified atom stereocenters. The molecule has 2 aromatic heterocycles. The van der Waals surface area contributed by atoms with Gasteiger partial charge in [0.15, 0.2) is 0 Å². The third-order valence-corrected chi connectivity index (χ3v) is 2.08. The Balaban J connectivity index is 2.54. The van der Waals surface area contributed by atoms with Gasteiger partial charge in [-0.15, -0.1) is 5.10 Å². The number of nitrogens with zero attached hydrogens (tertiary/aromatic N) is 4. The standard InChI is InChI=1S/C6H7N5S/c1-4-2-5(7)10-11(4)6-8-3-9-12-6/h2-3H,1H3,(H2,7,10). The number of nitrogen functional groups attached to an aromatic ring is 1. The second kappa shape index (κ2) is 2.56. The maximum absolute atomic E-state index is 5.51. The second-order valence-corrected chi connectivity index (χ2v) is 3.10. The van der Waals surface area contributed by atoms with Gasteiger partial charge in [0.1, 0.15) is 12.1 Å². The zero-order valence-electron chi connectivity index (χ0n) is 6.43. The van der Waals surface area contributed by atoms with Crippen LogP contribution in [0.25, 0.3) is 5.13 Å². The van der Waals surface area contributed by atoms with E-state index in [1.165, 1.54) is 17.9 Å². The van der Waals surface area contributed by atoms with Crippen molar-refractivity contribution < 1.29 is 0 Å². The molecule has 0 amide bonds. The predicted molar refractivity (Wildman–Crippen MR) is 46.2 cm³/mol. The van der Waals surface area contributed by atoms with E-state index in [1.54, 1.807) is 10.7 Å². The Labute approximate surface area is 73.0 Å². The summed E-state index contributed by atoms with van der Waals surface area (Å²) in [5.41, 5.74) is 6.47. The molecule has 2 rings (SSSR count). The SMILES string of the molecule is Cc1cc(N)nn1-c1ncns1. The van der Waals surface area contributed by atoms with Crippen molar-refractivity contribution in [2.24, 2.45) is 0 Å². The van der Waals surface area contributed by atoms with E-state index in [4.69, 9.17) is 5.73 Å². The minimum Gasteiger partial charge on any atom is -0.382 e. The van der Waals surface area contributed by atoms with Gasteiger partial charge in [0.2, 0.25) is 5.13 Å². The van der Waals surface area contributed by atoms with Gasteiger partial charge < -0.3 is 5.73 Å². The second-order valence-electron chi connectivity index (χ2n) is 2.35. The fourth-order valence-corrected chi connectivity index (χ4v) is 1.50. The number of anilines is 1. The van der Waals surface area contributed by atoms with E-state index in [9.17, 15) is 0 Å². The fraction of sp³-hybridized carbons (Fsp3) is 0.167. The summed E-state index contributed by atoms with van der Waals surface area (Å²) in [6, 6.07) is 1.79. The highest BCUT2D eigenvalue weighted by Gasteiger charge is 2.05. The van der Waals surface area contributed by atoms with Crippen LogP contribution in [0.15, 0.2) is 12.4 Å². The molecule has 0 saturated heterocycles. The molecule has 5 nitrogen and oxygen atoms in total. The monoisotopic (exact) mass is 181 g/mol. The average molecular weight is 181 g/mol. The summed E-state index contributed by atoms with van der Waals surface area (Å²) >= 11 is 1.29. The predicted octanol–water partition coefficient (Wildman–Crippen LogP) is 0.614. The van der Waals surface area contributed by atoms with Crippen molar-refractivity contribution in [1.29, 1.82) is 0 Å². The maximum atomic E-state index is 5.51. The van der Waals surface area contributed by atoms with Crippen LogP contribution >= 0.6 is 11.5 Å². The molecule has 0 aliphatic carbocycles. The fourth-order valence-electron chi connectivity index (χ4n) is 0.953. The molecule has 2 N–H and O–H groups in total. The molecule has 0 fully saturated rings. The van der Waals surface area contributed by atoms with Crippen molar-refractivity contribution in [3.05, 3.63) is 18.1 Å². The first kappa shape index (κ1) is 7.23. The molecule has 62 valence electrons. The van der Waals surface area contributed by atoms with E-state index < -0.39 is 0 Å². The van der Waals surface area contributed by atoms with Crippen LogP contribution in [0.1, 0.15) is 5.69 Å².